The average Bonchev–Trinajstić information content (AvgIpc) is 3.82. The van der Waals surface area contributed by atoms with E-state index in [9.17, 15) is 0 Å². The molecule has 0 amide bonds. The summed E-state index contributed by atoms with van der Waals surface area (Å²) in [4.78, 5) is 2.37. The van der Waals surface area contributed by atoms with Crippen LogP contribution in [0.5, 0.6) is 23.0 Å². The van der Waals surface area contributed by atoms with Crippen LogP contribution in [0.1, 0.15) is 22.3 Å². The molecular weight excluding hydrogens is 843 g/mol. The summed E-state index contributed by atoms with van der Waals surface area (Å²) < 4.78 is 20.6. The number of para-hydroxylation sites is 4. The standard InChI is InChI=1S/C65H41NO3/c1-2-15-42(16-3-1)43-31-33-44(34-32-43)45-35-38-48(39-36-45)66(57-26-14-30-61-62(57)52-40-37-46-17-4-5-20-50(46)63(52)69-61)49-19-12-18-47(41-49)51-21-13-25-56-64(51)68-60-29-11-8-24-55(60)65(56)53-22-6-9-27-58(53)67-59-28-10-7-23-54(59)65/h1-41H. The number of hydrogen-bond acceptors (Lipinski definition) is 4. The lowest BCUT2D eigenvalue weighted by Crippen LogP contribution is -2.36. The molecule has 69 heavy (non-hydrogen) atoms. The number of rotatable bonds is 6. The highest BCUT2D eigenvalue weighted by Crippen LogP contribution is 2.62. The fourth-order valence-electron chi connectivity index (χ4n) is 11.1. The van der Waals surface area contributed by atoms with Gasteiger partial charge in [0, 0.05) is 50.0 Å². The molecule has 0 saturated heterocycles. The maximum Gasteiger partial charge on any atom is 0.143 e. The van der Waals surface area contributed by atoms with Crippen molar-refractivity contribution < 1.29 is 13.9 Å². The van der Waals surface area contributed by atoms with Crippen LogP contribution in [0.25, 0.3) is 66.1 Å². The van der Waals surface area contributed by atoms with Crippen LogP contribution in [0.15, 0.2) is 253 Å². The van der Waals surface area contributed by atoms with Crippen LogP contribution >= 0.6 is 0 Å². The Hall–Kier alpha value is -9.12. The van der Waals surface area contributed by atoms with Gasteiger partial charge >= 0.3 is 0 Å². The maximum atomic E-state index is 7.14. The van der Waals surface area contributed by atoms with Crippen molar-refractivity contribution in [2.24, 2.45) is 0 Å². The second kappa shape index (κ2) is 15.5. The van der Waals surface area contributed by atoms with Crippen LogP contribution < -0.4 is 14.4 Å². The second-order valence-corrected chi connectivity index (χ2v) is 17.9. The zero-order valence-corrected chi connectivity index (χ0v) is 37.3. The smallest absolute Gasteiger partial charge is 0.143 e. The molecule has 0 aliphatic carbocycles. The lowest BCUT2D eigenvalue weighted by atomic mass is 9.62. The van der Waals surface area contributed by atoms with Gasteiger partial charge in [0.15, 0.2) is 0 Å². The Balaban J connectivity index is 0.953. The van der Waals surface area contributed by atoms with Crippen molar-refractivity contribution in [3.63, 3.8) is 0 Å². The van der Waals surface area contributed by atoms with Crippen molar-refractivity contribution in [3.05, 3.63) is 271 Å². The molecule has 0 radical (unpaired) electrons. The van der Waals surface area contributed by atoms with E-state index in [0.717, 1.165) is 117 Å². The monoisotopic (exact) mass is 883 g/mol. The van der Waals surface area contributed by atoms with Crippen molar-refractivity contribution in [1.82, 2.24) is 0 Å². The molecule has 4 nitrogen and oxygen atoms in total. The lowest BCUT2D eigenvalue weighted by molar-refractivity contribution is 0.400. The third kappa shape index (κ3) is 6.02. The molecule has 11 aromatic carbocycles. The SMILES string of the molecule is c1ccc(-c2ccc(-c3ccc(N(c4cccc(-c5cccc6c5Oc5ccccc5C65c6ccccc6Oc6ccccc65)c4)c4cccc5oc6c7ccccc7ccc6c45)cc3)cc2)cc1. The molecule has 12 aromatic rings. The normalized spacial score (nSPS) is 13.0. The van der Waals surface area contributed by atoms with Gasteiger partial charge < -0.3 is 18.8 Å². The van der Waals surface area contributed by atoms with E-state index in [1.165, 1.54) is 11.1 Å². The first-order chi connectivity index (χ1) is 34.2. The molecule has 0 unspecified atom stereocenters. The van der Waals surface area contributed by atoms with Gasteiger partial charge in [-0.15, -0.1) is 0 Å². The summed E-state index contributed by atoms with van der Waals surface area (Å²) in [7, 11) is 0. The summed E-state index contributed by atoms with van der Waals surface area (Å²) in [6.45, 7) is 0. The molecule has 0 bridgehead atoms. The first-order valence-electron chi connectivity index (χ1n) is 23.5. The fourth-order valence-corrected chi connectivity index (χ4v) is 11.1. The number of hydrogen-bond donors (Lipinski definition) is 0. The number of fused-ring (bicyclic) bond motifs is 13. The molecule has 0 N–H and O–H groups in total. The summed E-state index contributed by atoms with van der Waals surface area (Å²) in [6, 6.07) is 88.3. The van der Waals surface area contributed by atoms with Crippen molar-refractivity contribution in [2.75, 3.05) is 4.90 Å². The summed E-state index contributed by atoms with van der Waals surface area (Å²) in [6.07, 6.45) is 0. The third-order valence-electron chi connectivity index (χ3n) is 14.2. The van der Waals surface area contributed by atoms with Crippen molar-refractivity contribution >= 4 is 49.8 Å². The van der Waals surface area contributed by atoms with E-state index in [4.69, 9.17) is 13.9 Å². The van der Waals surface area contributed by atoms with E-state index in [-0.39, 0.29) is 0 Å². The molecule has 14 rings (SSSR count). The zero-order valence-electron chi connectivity index (χ0n) is 37.3. The summed E-state index contributed by atoms with van der Waals surface area (Å²) >= 11 is 0. The van der Waals surface area contributed by atoms with Gasteiger partial charge in [-0.05, 0) is 93.9 Å². The van der Waals surface area contributed by atoms with E-state index in [2.05, 4.69) is 241 Å². The van der Waals surface area contributed by atoms with Crippen LogP contribution in [0.4, 0.5) is 17.1 Å². The van der Waals surface area contributed by atoms with Crippen LogP contribution in [-0.4, -0.2) is 0 Å². The van der Waals surface area contributed by atoms with Crippen LogP contribution in [0.2, 0.25) is 0 Å². The highest BCUT2D eigenvalue weighted by molar-refractivity contribution is 6.19. The molecule has 0 saturated carbocycles. The third-order valence-corrected chi connectivity index (χ3v) is 14.2. The van der Waals surface area contributed by atoms with E-state index in [1.807, 2.05) is 12.1 Å². The molecular formula is C65H41NO3. The Kier molecular flexibility index (Phi) is 8.77. The Morgan fingerprint density at radius 1 is 0.348 bits per heavy atom. The van der Waals surface area contributed by atoms with Crippen LogP contribution in [-0.2, 0) is 5.41 Å². The van der Waals surface area contributed by atoms with Crippen LogP contribution in [0.3, 0.4) is 0 Å². The largest absolute Gasteiger partial charge is 0.457 e. The second-order valence-electron chi connectivity index (χ2n) is 17.9. The van der Waals surface area contributed by atoms with E-state index in [0.29, 0.717) is 0 Å². The zero-order chi connectivity index (χ0) is 45.5. The minimum absolute atomic E-state index is 0.693. The molecule has 4 heteroatoms. The van der Waals surface area contributed by atoms with Gasteiger partial charge in [0.25, 0.3) is 0 Å². The summed E-state index contributed by atoms with van der Waals surface area (Å²) in [5, 5.41) is 4.37. The highest BCUT2D eigenvalue weighted by Gasteiger charge is 2.50. The molecule has 2 aliphatic rings. The Labute approximate surface area is 399 Å². The van der Waals surface area contributed by atoms with E-state index >= 15 is 0 Å². The number of furan rings is 1. The maximum absolute atomic E-state index is 7.14. The quantitative estimate of drug-likeness (QED) is 0.167. The molecule has 324 valence electrons. The first-order valence-corrected chi connectivity index (χ1v) is 23.5. The minimum atomic E-state index is -0.693. The van der Waals surface area contributed by atoms with Gasteiger partial charge in [0.05, 0.1) is 16.5 Å². The Bertz CT molecular complexity index is 3900. The molecule has 1 aromatic heterocycles. The number of nitrogens with zero attached hydrogens (tertiary/aromatic N) is 1. The van der Waals surface area contributed by atoms with Crippen molar-refractivity contribution in [1.29, 1.82) is 0 Å². The number of ether oxygens (including phenoxy) is 2. The molecule has 0 atom stereocenters. The van der Waals surface area contributed by atoms with Gasteiger partial charge in [0.1, 0.15) is 34.2 Å². The van der Waals surface area contributed by atoms with Crippen molar-refractivity contribution in [2.45, 2.75) is 5.41 Å². The summed E-state index contributed by atoms with van der Waals surface area (Å²) in [5.74, 6) is 3.32. The summed E-state index contributed by atoms with van der Waals surface area (Å²) in [5.41, 5.74) is 15.1. The van der Waals surface area contributed by atoms with Crippen molar-refractivity contribution in [3.8, 4) is 56.4 Å². The predicted molar refractivity (Wildman–Crippen MR) is 281 cm³/mol. The van der Waals surface area contributed by atoms with Crippen LogP contribution in [0, 0.1) is 0 Å². The van der Waals surface area contributed by atoms with Gasteiger partial charge in [-0.2, -0.15) is 0 Å². The van der Waals surface area contributed by atoms with Gasteiger partial charge in [0.2, 0.25) is 0 Å². The number of anilines is 3. The predicted octanol–water partition coefficient (Wildman–Crippen LogP) is 17.8. The lowest BCUT2D eigenvalue weighted by Gasteiger charge is -2.45. The molecule has 3 heterocycles. The molecule has 0 fully saturated rings. The van der Waals surface area contributed by atoms with Gasteiger partial charge in [-0.3, -0.25) is 0 Å². The van der Waals surface area contributed by atoms with E-state index < -0.39 is 5.41 Å². The van der Waals surface area contributed by atoms with E-state index in [1.54, 1.807) is 0 Å². The molecule has 1 spiro atoms. The Morgan fingerprint density at radius 2 is 0.899 bits per heavy atom. The number of benzene rings is 11. The average molecular weight is 884 g/mol. The highest BCUT2D eigenvalue weighted by atomic mass is 16.5. The van der Waals surface area contributed by atoms with Gasteiger partial charge in [-0.1, -0.05) is 188 Å². The minimum Gasteiger partial charge on any atom is -0.457 e. The first kappa shape index (κ1) is 39.1. The fraction of sp³-hybridized carbons (Fsp3) is 0.0154. The van der Waals surface area contributed by atoms with Gasteiger partial charge in [-0.25, -0.2) is 0 Å². The topological polar surface area (TPSA) is 34.8 Å². The molecule has 2 aliphatic heterocycles. The Morgan fingerprint density at radius 3 is 1.61 bits per heavy atom.